The van der Waals surface area contributed by atoms with E-state index in [1.807, 2.05) is 0 Å². The highest BCUT2D eigenvalue weighted by Crippen LogP contribution is 2.31. The van der Waals surface area contributed by atoms with E-state index in [-0.39, 0.29) is 24.5 Å². The number of halogens is 4. The summed E-state index contributed by atoms with van der Waals surface area (Å²) in [6.07, 6.45) is -4.26. The maximum absolute atomic E-state index is 13.4. The molecule has 0 aromatic heterocycles. The number of hydrogen-bond donors (Lipinski definition) is 1. The summed E-state index contributed by atoms with van der Waals surface area (Å²) in [6, 6.07) is 10.2. The molecule has 2 aromatic carbocycles. The van der Waals surface area contributed by atoms with Crippen LogP contribution in [0.15, 0.2) is 48.5 Å². The first-order chi connectivity index (χ1) is 13.3. The van der Waals surface area contributed by atoms with Crippen molar-refractivity contribution in [1.29, 1.82) is 0 Å². The van der Waals surface area contributed by atoms with E-state index in [0.29, 0.717) is 5.56 Å². The summed E-state index contributed by atoms with van der Waals surface area (Å²) >= 11 is 0. The summed E-state index contributed by atoms with van der Waals surface area (Å²) in [7, 11) is 0. The number of nitrogens with one attached hydrogen (secondary N) is 1. The zero-order chi connectivity index (χ0) is 20.6. The largest absolute Gasteiger partial charge is 0.482 e. The van der Waals surface area contributed by atoms with Crippen LogP contribution in [-0.2, 0) is 26.9 Å². The maximum atomic E-state index is 13.4. The van der Waals surface area contributed by atoms with E-state index >= 15 is 0 Å². The quantitative estimate of drug-likeness (QED) is 0.547. The molecule has 0 aliphatic carbocycles. The molecule has 0 aliphatic rings. The zero-order valence-corrected chi connectivity index (χ0v) is 14.6. The fourth-order valence-electron chi connectivity index (χ4n) is 2.18. The molecule has 28 heavy (non-hydrogen) atoms. The number of ether oxygens (including phenoxy) is 2. The Balaban J connectivity index is 1.68. The van der Waals surface area contributed by atoms with Crippen LogP contribution >= 0.6 is 0 Å². The summed E-state index contributed by atoms with van der Waals surface area (Å²) in [5.41, 5.74) is -0.470. The van der Waals surface area contributed by atoms with Crippen molar-refractivity contribution in [2.24, 2.45) is 0 Å². The third-order valence-electron chi connectivity index (χ3n) is 3.56. The Morgan fingerprint density at radius 3 is 2.46 bits per heavy atom. The first-order valence-electron chi connectivity index (χ1n) is 8.21. The van der Waals surface area contributed by atoms with E-state index in [1.54, 1.807) is 18.2 Å². The molecule has 2 aromatic rings. The van der Waals surface area contributed by atoms with Gasteiger partial charge in [0, 0.05) is 6.54 Å². The number of hydrogen-bond acceptors (Lipinski definition) is 4. The highest BCUT2D eigenvalue weighted by molar-refractivity contribution is 5.80. The zero-order valence-electron chi connectivity index (χ0n) is 14.6. The first-order valence-corrected chi connectivity index (χ1v) is 8.21. The van der Waals surface area contributed by atoms with Gasteiger partial charge in [0.2, 0.25) is 0 Å². The number of carbonyl (C=O) groups excluding carboxylic acids is 2. The highest BCUT2D eigenvalue weighted by atomic mass is 19.4. The van der Waals surface area contributed by atoms with Gasteiger partial charge in [0.25, 0.3) is 5.91 Å². The van der Waals surface area contributed by atoms with E-state index in [2.05, 4.69) is 10.1 Å². The van der Waals surface area contributed by atoms with Crippen molar-refractivity contribution in [3.63, 3.8) is 0 Å². The molecule has 1 amide bonds. The summed E-state index contributed by atoms with van der Waals surface area (Å²) in [4.78, 5) is 23.1. The second kappa shape index (κ2) is 9.72. The van der Waals surface area contributed by atoms with Crippen molar-refractivity contribution in [1.82, 2.24) is 5.32 Å². The van der Waals surface area contributed by atoms with Crippen LogP contribution in [0.1, 0.15) is 11.1 Å². The van der Waals surface area contributed by atoms with Gasteiger partial charge in [0.15, 0.2) is 13.2 Å². The topological polar surface area (TPSA) is 64.6 Å². The highest BCUT2D eigenvalue weighted by Gasteiger charge is 2.30. The van der Waals surface area contributed by atoms with Gasteiger partial charge >= 0.3 is 12.1 Å². The summed E-state index contributed by atoms with van der Waals surface area (Å²) in [5.74, 6) is -2.04. The van der Waals surface area contributed by atoms with Crippen molar-refractivity contribution in [3.05, 3.63) is 65.5 Å². The minimum absolute atomic E-state index is 0.151. The van der Waals surface area contributed by atoms with Crippen LogP contribution in [-0.4, -0.2) is 31.6 Å². The van der Waals surface area contributed by atoms with Crippen molar-refractivity contribution in [3.8, 4) is 5.75 Å². The lowest BCUT2D eigenvalue weighted by molar-refractivity contribution is -0.150. The standard InChI is InChI=1S/C19H17F4NO4/c20-16-7-2-1-4-13(16)8-9-24-17(25)11-28-18(26)12-27-15-6-3-5-14(10-15)19(21,22)23/h1-7,10H,8-9,11-12H2,(H,24,25). The van der Waals surface area contributed by atoms with Crippen molar-refractivity contribution >= 4 is 11.9 Å². The normalized spacial score (nSPS) is 11.0. The van der Waals surface area contributed by atoms with Gasteiger partial charge in [-0.15, -0.1) is 0 Å². The average molecular weight is 399 g/mol. The van der Waals surface area contributed by atoms with Crippen LogP contribution in [0.5, 0.6) is 5.75 Å². The average Bonchev–Trinajstić information content (AvgIpc) is 2.66. The lowest BCUT2D eigenvalue weighted by Crippen LogP contribution is -2.31. The van der Waals surface area contributed by atoms with Gasteiger partial charge in [-0.1, -0.05) is 24.3 Å². The van der Waals surface area contributed by atoms with Gasteiger partial charge in [0.05, 0.1) is 5.56 Å². The molecule has 0 spiro atoms. The van der Waals surface area contributed by atoms with Crippen LogP contribution in [0, 0.1) is 5.82 Å². The third-order valence-corrected chi connectivity index (χ3v) is 3.56. The molecule has 0 aliphatic heterocycles. The minimum atomic E-state index is -4.53. The van der Waals surface area contributed by atoms with Gasteiger partial charge in [-0.25, -0.2) is 9.18 Å². The van der Waals surface area contributed by atoms with Gasteiger partial charge in [-0.3, -0.25) is 4.79 Å². The van der Waals surface area contributed by atoms with Gasteiger partial charge in [0.1, 0.15) is 11.6 Å². The molecule has 9 heteroatoms. The van der Waals surface area contributed by atoms with E-state index in [4.69, 9.17) is 4.74 Å². The third kappa shape index (κ3) is 6.90. The molecule has 0 saturated carbocycles. The SMILES string of the molecule is O=C(COC(=O)COc1cccc(C(F)(F)F)c1)NCCc1ccccc1F. The van der Waals surface area contributed by atoms with E-state index < -0.39 is 36.8 Å². The van der Waals surface area contributed by atoms with Crippen LogP contribution < -0.4 is 10.1 Å². The van der Waals surface area contributed by atoms with Gasteiger partial charge in [-0.05, 0) is 36.2 Å². The van der Waals surface area contributed by atoms with E-state index in [1.165, 1.54) is 12.1 Å². The predicted molar refractivity (Wildman–Crippen MR) is 91.0 cm³/mol. The van der Waals surface area contributed by atoms with Crippen molar-refractivity contribution in [2.45, 2.75) is 12.6 Å². The fourth-order valence-corrected chi connectivity index (χ4v) is 2.18. The Morgan fingerprint density at radius 1 is 1.00 bits per heavy atom. The second-order valence-corrected chi connectivity index (χ2v) is 5.67. The number of carbonyl (C=O) groups is 2. The molecule has 0 heterocycles. The molecular formula is C19H17F4NO4. The summed E-state index contributed by atoms with van der Waals surface area (Å²) < 4.78 is 60.8. The minimum Gasteiger partial charge on any atom is -0.482 e. The Kier molecular flexibility index (Phi) is 7.36. The number of amides is 1. The number of alkyl halides is 3. The molecule has 5 nitrogen and oxygen atoms in total. The summed E-state index contributed by atoms with van der Waals surface area (Å²) in [5, 5.41) is 2.46. The predicted octanol–water partition coefficient (Wildman–Crippen LogP) is 3.13. The molecule has 1 N–H and O–H groups in total. The Morgan fingerprint density at radius 2 is 1.75 bits per heavy atom. The fraction of sp³-hybridized carbons (Fsp3) is 0.263. The van der Waals surface area contributed by atoms with Crippen molar-refractivity contribution in [2.75, 3.05) is 19.8 Å². The molecule has 0 saturated heterocycles. The number of esters is 1. The van der Waals surface area contributed by atoms with Crippen molar-refractivity contribution < 1.29 is 36.6 Å². The second-order valence-electron chi connectivity index (χ2n) is 5.67. The van der Waals surface area contributed by atoms with E-state index in [9.17, 15) is 27.2 Å². The Bertz CT molecular complexity index is 824. The molecule has 0 unspecified atom stereocenters. The molecule has 0 fully saturated rings. The molecule has 0 atom stereocenters. The molecule has 0 radical (unpaired) electrons. The lowest BCUT2D eigenvalue weighted by atomic mass is 10.1. The molecular weight excluding hydrogens is 382 g/mol. The van der Waals surface area contributed by atoms with Crippen LogP contribution in [0.25, 0.3) is 0 Å². The Labute approximate surface area is 158 Å². The molecule has 2 rings (SSSR count). The van der Waals surface area contributed by atoms with Crippen LogP contribution in [0.4, 0.5) is 17.6 Å². The number of rotatable bonds is 8. The Hall–Kier alpha value is -3.10. The van der Waals surface area contributed by atoms with E-state index in [0.717, 1.165) is 18.2 Å². The van der Waals surface area contributed by atoms with Crippen LogP contribution in [0.2, 0.25) is 0 Å². The van der Waals surface area contributed by atoms with Gasteiger partial charge in [-0.2, -0.15) is 13.2 Å². The smallest absolute Gasteiger partial charge is 0.416 e. The van der Waals surface area contributed by atoms with Crippen LogP contribution in [0.3, 0.4) is 0 Å². The first kappa shape index (κ1) is 21.2. The van der Waals surface area contributed by atoms with Gasteiger partial charge < -0.3 is 14.8 Å². The molecule has 0 bridgehead atoms. The lowest BCUT2D eigenvalue weighted by Gasteiger charge is -2.10. The summed E-state index contributed by atoms with van der Waals surface area (Å²) in [6.45, 7) is -1.08. The number of benzene rings is 2. The monoisotopic (exact) mass is 399 g/mol. The maximum Gasteiger partial charge on any atom is 0.416 e. The molecule has 150 valence electrons.